The monoisotopic (exact) mass is 1080 g/mol. The molecule has 2 N–H and O–H groups in total. The second-order valence-electron chi connectivity index (χ2n) is 21.0. The highest BCUT2D eigenvalue weighted by Crippen LogP contribution is 2.40. The molecule has 80 heavy (non-hydrogen) atoms. The maximum Gasteiger partial charge on any atom is 0.335 e. The highest BCUT2D eigenvalue weighted by Gasteiger charge is 2.33. The topological polar surface area (TPSA) is 184 Å². The average Bonchev–Trinajstić information content (AvgIpc) is 4.10. The maximum atomic E-state index is 13.4. The Morgan fingerprint density at radius 2 is 1.06 bits per heavy atom. The number of fused-ring (bicyclic) bond motifs is 4. The van der Waals surface area contributed by atoms with E-state index in [2.05, 4.69) is 101 Å². The molecule has 1 amide bonds. The minimum Gasteiger partial charge on any atom is -0.478 e. The minimum absolute atomic E-state index is 0. The van der Waals surface area contributed by atoms with Crippen molar-refractivity contribution < 1.29 is 33.8 Å². The van der Waals surface area contributed by atoms with Gasteiger partial charge in [-0.1, -0.05) is 92.4 Å². The van der Waals surface area contributed by atoms with Crippen LogP contribution in [0, 0.1) is 53.4 Å². The van der Waals surface area contributed by atoms with Gasteiger partial charge in [-0.05, 0) is 189 Å². The number of hydrogen-bond donors (Lipinski definition) is 2. The van der Waals surface area contributed by atoms with E-state index in [0.29, 0.717) is 18.7 Å². The van der Waals surface area contributed by atoms with Crippen molar-refractivity contribution >= 4 is 45.9 Å². The fraction of sp³-hybridized carbons (Fsp3) is 0.385. The molecule has 15 heteroatoms. The number of nitrogens with one attached hydrogen (secondary N) is 1. The summed E-state index contributed by atoms with van der Waals surface area (Å²) in [6.45, 7) is 24.6. The smallest absolute Gasteiger partial charge is 0.335 e. The van der Waals surface area contributed by atoms with E-state index in [1.807, 2.05) is 93.1 Å². The van der Waals surface area contributed by atoms with Crippen molar-refractivity contribution in [2.75, 3.05) is 27.3 Å². The van der Waals surface area contributed by atoms with Gasteiger partial charge in [-0.15, -0.1) is 10.2 Å². The molecule has 0 saturated carbocycles. The molecule has 4 heterocycles. The molecule has 10 rings (SSSR count). The van der Waals surface area contributed by atoms with Crippen molar-refractivity contribution in [1.82, 2.24) is 40.2 Å². The van der Waals surface area contributed by atoms with Crippen LogP contribution in [0.1, 0.15) is 146 Å². The number of carbonyl (C=O) groups is 4. The van der Waals surface area contributed by atoms with Crippen molar-refractivity contribution in [3.63, 3.8) is 0 Å². The largest absolute Gasteiger partial charge is 0.478 e. The molecular weight excluding hydrogens is 1000 g/mol. The fourth-order valence-corrected chi connectivity index (χ4v) is 11.2. The lowest BCUT2D eigenvalue weighted by atomic mass is 9.78. The lowest BCUT2D eigenvalue weighted by molar-refractivity contribution is -0.146. The first kappa shape index (κ1) is 59.6. The quantitative estimate of drug-likeness (QED) is 0.111. The number of ether oxygens (including phenoxy) is 2. The van der Waals surface area contributed by atoms with Gasteiger partial charge in [0, 0.05) is 50.1 Å². The van der Waals surface area contributed by atoms with E-state index in [9.17, 15) is 19.2 Å². The molecule has 15 nitrogen and oxygen atoms in total. The summed E-state index contributed by atoms with van der Waals surface area (Å²) in [7, 11) is 2.89. The van der Waals surface area contributed by atoms with E-state index < -0.39 is 11.9 Å². The number of carboxylic acids is 1. The molecule has 0 saturated heterocycles. The van der Waals surface area contributed by atoms with E-state index >= 15 is 0 Å². The van der Waals surface area contributed by atoms with Gasteiger partial charge in [-0.3, -0.25) is 14.4 Å². The molecular formula is C65H78N8O7. The van der Waals surface area contributed by atoms with Crippen LogP contribution < -0.4 is 5.32 Å². The zero-order chi connectivity index (χ0) is 56.8. The first-order valence-electron chi connectivity index (χ1n) is 27.3. The first-order chi connectivity index (χ1) is 37.9. The van der Waals surface area contributed by atoms with Gasteiger partial charge in [0.1, 0.15) is 11.0 Å². The van der Waals surface area contributed by atoms with Crippen LogP contribution in [0.3, 0.4) is 0 Å². The molecule has 0 radical (unpaired) electrons. The Morgan fingerprint density at radius 3 is 1.54 bits per heavy atom. The van der Waals surface area contributed by atoms with Crippen molar-refractivity contribution in [2.24, 2.45) is 11.8 Å². The predicted molar refractivity (Wildman–Crippen MR) is 314 cm³/mol. The number of rotatable bonds is 12. The molecule has 0 aliphatic carbocycles. The summed E-state index contributed by atoms with van der Waals surface area (Å²) in [5.41, 5.74) is 20.7. The van der Waals surface area contributed by atoms with E-state index in [-0.39, 0.29) is 43.0 Å². The summed E-state index contributed by atoms with van der Waals surface area (Å²) in [6.07, 6.45) is 1.84. The number of methoxy groups -OCH3 is 2. The summed E-state index contributed by atoms with van der Waals surface area (Å²) < 4.78 is 14.1. The summed E-state index contributed by atoms with van der Waals surface area (Å²) >= 11 is 0. The van der Waals surface area contributed by atoms with Crippen LogP contribution in [0.2, 0.25) is 0 Å². The van der Waals surface area contributed by atoms with Gasteiger partial charge in [-0.25, -0.2) is 14.2 Å². The SMILES string of the molecule is C.CCn1nnc2c(C)c([C@H](c3ccc4c(c3)CN(C(=O)c3ccc(C)c(C)c3)CC4)[C@@H](C)C(=O)OC)ccc21.CCn1nnc2c(C)c([C@H](c3ccc4c(c3)CNCC4)[C@@H](C)C(=O)OC)ccc21.Cc1ccc(C(=O)O)cc1C. The van der Waals surface area contributed by atoms with Crippen molar-refractivity contribution in [3.05, 3.63) is 186 Å². The Hall–Kier alpha value is -8.04. The lowest BCUT2D eigenvalue weighted by Crippen LogP contribution is -2.36. The number of aromatic nitrogens is 6. The highest BCUT2D eigenvalue weighted by molar-refractivity contribution is 5.94. The number of carboxylic acid groups (broad SMARTS) is 1. The molecule has 2 aromatic heterocycles. The molecule has 420 valence electrons. The van der Waals surface area contributed by atoms with Crippen molar-refractivity contribution in [2.45, 2.75) is 128 Å². The molecule has 2 aliphatic heterocycles. The number of esters is 2. The summed E-state index contributed by atoms with van der Waals surface area (Å²) in [6, 6.07) is 32.4. The second-order valence-corrected chi connectivity index (χ2v) is 21.0. The van der Waals surface area contributed by atoms with E-state index in [1.165, 1.54) is 36.5 Å². The maximum absolute atomic E-state index is 13.4. The average molecular weight is 1080 g/mol. The standard InChI is InChI=1S/C32H36N4O3.C23H28N4O2.C9H10O2.CH4/c1-7-36-28-13-12-27(21(4)30(28)33-34-36)29(22(5)32(38)39-6)24-11-10-23-14-15-35(18-26(23)17-24)31(37)25-9-8-19(2)20(3)16-25;1-5-27-20-9-8-19(14(2)22(20)25-26-27)21(15(3)23(28)29-4)17-7-6-16-10-11-24-13-18(16)12-17;1-6-3-4-8(9(10)11)5-7(6)2;/h8-13,16-17,22,29H,7,14-15,18H2,1-6H3;6-9,12,15,21,24H,5,10-11,13H2,1-4H3;3-5H,1-2H3,(H,10,11);1H4/t22-,29+;15-,21+;;/m11../s1. The molecule has 6 aromatic carbocycles. The normalized spacial score (nSPS) is 14.2. The van der Waals surface area contributed by atoms with Gasteiger partial charge in [0.25, 0.3) is 5.91 Å². The third kappa shape index (κ3) is 12.4. The van der Waals surface area contributed by atoms with E-state index in [0.717, 1.165) is 122 Å². The highest BCUT2D eigenvalue weighted by atomic mass is 16.5. The van der Waals surface area contributed by atoms with Crippen LogP contribution in [0.15, 0.2) is 97.1 Å². The minimum atomic E-state index is -0.867. The van der Waals surface area contributed by atoms with Crippen molar-refractivity contribution in [1.29, 1.82) is 0 Å². The molecule has 0 fully saturated rings. The Balaban J connectivity index is 0.000000197. The molecule has 0 unspecified atom stereocenters. The number of benzene rings is 6. The van der Waals surface area contributed by atoms with Crippen LogP contribution in [-0.4, -0.2) is 91.1 Å². The Kier molecular flexibility index (Phi) is 19.2. The number of aryl methyl sites for hydroxylation is 8. The van der Waals surface area contributed by atoms with Gasteiger partial charge in [-0.2, -0.15) is 0 Å². The molecule has 0 spiro atoms. The zero-order valence-corrected chi connectivity index (χ0v) is 47.7. The first-order valence-corrected chi connectivity index (χ1v) is 27.3. The third-order valence-electron chi connectivity index (χ3n) is 16.3. The van der Waals surface area contributed by atoms with Crippen LogP contribution in [0.4, 0.5) is 0 Å². The molecule has 0 bridgehead atoms. The van der Waals surface area contributed by atoms with Gasteiger partial charge in [0.05, 0.1) is 42.7 Å². The number of hydrogen-bond acceptors (Lipinski definition) is 11. The van der Waals surface area contributed by atoms with Gasteiger partial charge < -0.3 is 24.8 Å². The molecule has 4 atom stereocenters. The Labute approximate surface area is 470 Å². The summed E-state index contributed by atoms with van der Waals surface area (Å²) in [4.78, 5) is 51.2. The Bertz CT molecular complexity index is 3580. The molecule has 2 aliphatic rings. The van der Waals surface area contributed by atoms with Gasteiger partial charge >= 0.3 is 17.9 Å². The Morgan fingerprint density at radius 1 is 0.588 bits per heavy atom. The number of aromatic carboxylic acids is 1. The van der Waals surface area contributed by atoms with Crippen LogP contribution in [-0.2, 0) is 58.1 Å². The number of amides is 1. The summed E-state index contributed by atoms with van der Waals surface area (Å²) in [5, 5.41) is 29.5. The van der Waals surface area contributed by atoms with Crippen LogP contribution in [0.5, 0.6) is 0 Å². The fourth-order valence-electron chi connectivity index (χ4n) is 11.2. The third-order valence-corrected chi connectivity index (χ3v) is 16.3. The lowest BCUT2D eigenvalue weighted by Gasteiger charge is -2.31. The van der Waals surface area contributed by atoms with E-state index in [1.54, 1.807) is 12.1 Å². The number of carbonyl (C=O) groups excluding carboxylic acids is 3. The molecule has 8 aromatic rings. The predicted octanol–water partition coefficient (Wildman–Crippen LogP) is 11.5. The second kappa shape index (κ2) is 25.8. The number of nitrogens with zero attached hydrogens (tertiary/aromatic N) is 7. The van der Waals surface area contributed by atoms with E-state index in [4.69, 9.17) is 14.6 Å². The summed E-state index contributed by atoms with van der Waals surface area (Å²) in [5.74, 6) is -2.35. The van der Waals surface area contributed by atoms with Gasteiger partial charge in [0.15, 0.2) is 0 Å². The van der Waals surface area contributed by atoms with Crippen LogP contribution in [0.25, 0.3) is 22.1 Å². The van der Waals surface area contributed by atoms with Crippen LogP contribution >= 0.6 is 0 Å². The van der Waals surface area contributed by atoms with Gasteiger partial charge in [0.2, 0.25) is 0 Å². The van der Waals surface area contributed by atoms with Crippen molar-refractivity contribution in [3.8, 4) is 0 Å². The zero-order valence-electron chi connectivity index (χ0n) is 47.7.